The van der Waals surface area contributed by atoms with Crippen molar-refractivity contribution in [1.29, 1.82) is 0 Å². The lowest BCUT2D eigenvalue weighted by molar-refractivity contribution is -0.0515. The van der Waals surface area contributed by atoms with E-state index < -0.39 is 0 Å². The molecular formula is C15H20N2O3. The maximum Gasteiger partial charge on any atom is 0.253 e. The van der Waals surface area contributed by atoms with E-state index in [1.54, 1.807) is 7.11 Å². The summed E-state index contributed by atoms with van der Waals surface area (Å²) in [6, 6.07) is 7.27. The maximum atomic E-state index is 12.4. The number of amides is 1. The Labute approximate surface area is 118 Å². The van der Waals surface area contributed by atoms with Crippen LogP contribution < -0.4 is 10.1 Å². The zero-order valence-electron chi connectivity index (χ0n) is 11.7. The van der Waals surface area contributed by atoms with Gasteiger partial charge in [0.1, 0.15) is 11.5 Å². The minimum atomic E-state index is -0.184. The molecule has 0 bridgehead atoms. The van der Waals surface area contributed by atoms with Gasteiger partial charge in [0.15, 0.2) is 0 Å². The van der Waals surface area contributed by atoms with Crippen molar-refractivity contribution in [3.8, 4) is 5.75 Å². The zero-order chi connectivity index (χ0) is 14.0. The van der Waals surface area contributed by atoms with Crippen LogP contribution in [0.3, 0.4) is 0 Å². The molecule has 1 N–H and O–H groups in total. The molecule has 2 heterocycles. The second-order valence-corrected chi connectivity index (χ2v) is 5.29. The summed E-state index contributed by atoms with van der Waals surface area (Å²) in [4.78, 5) is 14.3. The number of benzene rings is 1. The maximum absolute atomic E-state index is 12.4. The second-order valence-electron chi connectivity index (χ2n) is 5.29. The number of carbonyl (C=O) groups excluding carboxylic acids is 1. The van der Waals surface area contributed by atoms with Gasteiger partial charge in [0.05, 0.1) is 13.7 Å². The number of likely N-dealkylation sites (tertiary alicyclic amines) is 1. The first-order valence-electron chi connectivity index (χ1n) is 7.05. The van der Waals surface area contributed by atoms with Gasteiger partial charge in [0.2, 0.25) is 0 Å². The van der Waals surface area contributed by atoms with Crippen LogP contribution in [-0.2, 0) is 4.74 Å². The Bertz CT molecular complexity index is 470. The Morgan fingerprint density at radius 2 is 2.00 bits per heavy atom. The standard InChI is InChI=1S/C15H20N2O3/c1-19-13-4-2-12(3-5-13)14(18)17-9-6-15(7-10-17)16-8-11-20-15/h2-5,16H,6-11H2,1H3. The van der Waals surface area contributed by atoms with Crippen molar-refractivity contribution < 1.29 is 14.3 Å². The van der Waals surface area contributed by atoms with Crippen molar-refractivity contribution in [2.24, 2.45) is 0 Å². The van der Waals surface area contributed by atoms with Crippen LogP contribution >= 0.6 is 0 Å². The Balaban J connectivity index is 1.63. The van der Waals surface area contributed by atoms with Crippen LogP contribution in [0.25, 0.3) is 0 Å². The molecule has 2 aliphatic heterocycles. The first-order valence-corrected chi connectivity index (χ1v) is 7.05. The number of nitrogens with zero attached hydrogens (tertiary/aromatic N) is 1. The van der Waals surface area contributed by atoms with Crippen LogP contribution in [-0.4, -0.2) is 49.9 Å². The number of nitrogens with one attached hydrogen (secondary N) is 1. The van der Waals surface area contributed by atoms with Crippen molar-refractivity contribution in [2.75, 3.05) is 33.4 Å². The third-order valence-electron chi connectivity index (χ3n) is 4.12. The monoisotopic (exact) mass is 276 g/mol. The number of rotatable bonds is 2. The summed E-state index contributed by atoms with van der Waals surface area (Å²) in [7, 11) is 1.62. The quantitative estimate of drug-likeness (QED) is 0.883. The molecule has 2 aliphatic rings. The Hall–Kier alpha value is -1.59. The molecule has 2 fully saturated rings. The van der Waals surface area contributed by atoms with E-state index in [4.69, 9.17) is 9.47 Å². The number of hydrogen-bond acceptors (Lipinski definition) is 4. The summed E-state index contributed by atoms with van der Waals surface area (Å²) >= 11 is 0. The number of hydrogen-bond donors (Lipinski definition) is 1. The highest BCUT2D eigenvalue weighted by molar-refractivity contribution is 5.94. The fourth-order valence-electron chi connectivity index (χ4n) is 2.88. The van der Waals surface area contributed by atoms with Gasteiger partial charge in [-0.1, -0.05) is 0 Å². The zero-order valence-corrected chi connectivity index (χ0v) is 11.7. The Morgan fingerprint density at radius 3 is 2.55 bits per heavy atom. The van der Waals surface area contributed by atoms with Gasteiger partial charge in [-0.15, -0.1) is 0 Å². The lowest BCUT2D eigenvalue weighted by Crippen LogP contribution is -2.52. The third-order valence-corrected chi connectivity index (χ3v) is 4.12. The van der Waals surface area contributed by atoms with Gasteiger partial charge in [-0.3, -0.25) is 10.1 Å². The number of ether oxygens (including phenoxy) is 2. The first kappa shape index (κ1) is 13.4. The second kappa shape index (κ2) is 5.42. The molecule has 1 aromatic rings. The minimum Gasteiger partial charge on any atom is -0.497 e. The van der Waals surface area contributed by atoms with E-state index in [1.165, 1.54) is 0 Å². The molecule has 20 heavy (non-hydrogen) atoms. The summed E-state index contributed by atoms with van der Waals surface area (Å²) in [6.07, 6.45) is 1.71. The molecule has 5 nitrogen and oxygen atoms in total. The van der Waals surface area contributed by atoms with Gasteiger partial charge in [0, 0.05) is 38.0 Å². The van der Waals surface area contributed by atoms with Crippen molar-refractivity contribution in [3.63, 3.8) is 0 Å². The van der Waals surface area contributed by atoms with Crippen LogP contribution in [0.5, 0.6) is 5.75 Å². The summed E-state index contributed by atoms with van der Waals surface area (Å²) in [5.41, 5.74) is 0.526. The van der Waals surface area contributed by atoms with E-state index in [0.717, 1.165) is 44.8 Å². The van der Waals surface area contributed by atoms with Crippen molar-refractivity contribution in [2.45, 2.75) is 18.6 Å². The smallest absolute Gasteiger partial charge is 0.253 e. The van der Waals surface area contributed by atoms with Gasteiger partial charge < -0.3 is 14.4 Å². The topological polar surface area (TPSA) is 50.8 Å². The number of piperidine rings is 1. The van der Waals surface area contributed by atoms with Crippen LogP contribution in [0.15, 0.2) is 24.3 Å². The van der Waals surface area contributed by atoms with E-state index in [-0.39, 0.29) is 11.6 Å². The number of methoxy groups -OCH3 is 1. The van der Waals surface area contributed by atoms with E-state index in [0.29, 0.717) is 5.56 Å². The van der Waals surface area contributed by atoms with Gasteiger partial charge in [0.25, 0.3) is 5.91 Å². The normalized spacial score (nSPS) is 21.1. The molecule has 0 aliphatic carbocycles. The summed E-state index contributed by atoms with van der Waals surface area (Å²) in [5.74, 6) is 0.850. The Morgan fingerprint density at radius 1 is 1.30 bits per heavy atom. The van der Waals surface area contributed by atoms with E-state index >= 15 is 0 Å². The summed E-state index contributed by atoms with van der Waals surface area (Å²) < 4.78 is 10.9. The summed E-state index contributed by atoms with van der Waals surface area (Å²) in [5, 5.41) is 3.41. The first-order chi connectivity index (χ1) is 9.72. The lowest BCUT2D eigenvalue weighted by Gasteiger charge is -2.38. The third kappa shape index (κ3) is 2.51. The molecule has 3 rings (SSSR count). The SMILES string of the molecule is COc1ccc(C(=O)N2CCC3(CC2)NCCO3)cc1. The van der Waals surface area contributed by atoms with Gasteiger partial charge >= 0.3 is 0 Å². The highest BCUT2D eigenvalue weighted by atomic mass is 16.5. The van der Waals surface area contributed by atoms with Crippen LogP contribution in [0.2, 0.25) is 0 Å². The molecule has 0 atom stereocenters. The average molecular weight is 276 g/mol. The predicted molar refractivity (Wildman–Crippen MR) is 74.8 cm³/mol. The van der Waals surface area contributed by atoms with Crippen LogP contribution in [0.4, 0.5) is 0 Å². The number of carbonyl (C=O) groups is 1. The average Bonchev–Trinajstić information content (AvgIpc) is 2.96. The van der Waals surface area contributed by atoms with Crippen LogP contribution in [0, 0.1) is 0 Å². The lowest BCUT2D eigenvalue weighted by atomic mass is 10.00. The Kier molecular flexibility index (Phi) is 3.63. The van der Waals surface area contributed by atoms with E-state index in [2.05, 4.69) is 5.32 Å². The fraction of sp³-hybridized carbons (Fsp3) is 0.533. The van der Waals surface area contributed by atoms with Crippen molar-refractivity contribution >= 4 is 5.91 Å². The van der Waals surface area contributed by atoms with Gasteiger partial charge in [-0.25, -0.2) is 0 Å². The molecular weight excluding hydrogens is 256 g/mol. The molecule has 1 aromatic carbocycles. The predicted octanol–water partition coefficient (Wildman–Crippen LogP) is 1.25. The molecule has 0 aromatic heterocycles. The molecule has 1 amide bonds. The van der Waals surface area contributed by atoms with E-state index in [1.807, 2.05) is 29.2 Å². The largest absolute Gasteiger partial charge is 0.497 e. The highest BCUT2D eigenvalue weighted by Gasteiger charge is 2.39. The summed E-state index contributed by atoms with van der Waals surface area (Å²) in [6.45, 7) is 3.15. The van der Waals surface area contributed by atoms with Crippen molar-refractivity contribution in [3.05, 3.63) is 29.8 Å². The fourth-order valence-corrected chi connectivity index (χ4v) is 2.88. The molecule has 108 valence electrons. The van der Waals surface area contributed by atoms with Crippen LogP contribution in [0.1, 0.15) is 23.2 Å². The molecule has 1 spiro atoms. The minimum absolute atomic E-state index is 0.0838. The highest BCUT2D eigenvalue weighted by Crippen LogP contribution is 2.27. The van der Waals surface area contributed by atoms with Gasteiger partial charge in [-0.2, -0.15) is 0 Å². The molecule has 0 saturated carbocycles. The molecule has 0 radical (unpaired) electrons. The molecule has 5 heteroatoms. The molecule has 0 unspecified atom stereocenters. The van der Waals surface area contributed by atoms with E-state index in [9.17, 15) is 4.79 Å². The molecule has 2 saturated heterocycles. The van der Waals surface area contributed by atoms with Gasteiger partial charge in [-0.05, 0) is 24.3 Å². The van der Waals surface area contributed by atoms with Crippen molar-refractivity contribution in [1.82, 2.24) is 10.2 Å².